The van der Waals surface area contributed by atoms with Gasteiger partial charge in [-0.05, 0) is 25.0 Å². The molecule has 1 heterocycles. The zero-order valence-corrected chi connectivity index (χ0v) is 14.2. The van der Waals surface area contributed by atoms with Crippen LogP contribution < -0.4 is 21.6 Å². The Kier molecular flexibility index (Phi) is 5.55. The third-order valence-electron chi connectivity index (χ3n) is 4.11. The highest BCUT2D eigenvalue weighted by atomic mass is 16.3. The van der Waals surface area contributed by atoms with Gasteiger partial charge in [0, 0.05) is 38.7 Å². The van der Waals surface area contributed by atoms with Crippen LogP contribution in [0.25, 0.3) is 21.5 Å². The van der Waals surface area contributed by atoms with Gasteiger partial charge < -0.3 is 20.4 Å². The predicted octanol–water partition coefficient (Wildman–Crippen LogP) is -0.626. The molecular formula is C18H20N4O4. The number of aromatic amines is 2. The van der Waals surface area contributed by atoms with Crippen LogP contribution in [0.5, 0.6) is 0 Å². The summed E-state index contributed by atoms with van der Waals surface area (Å²) in [6.45, 7) is 0.710. The lowest BCUT2D eigenvalue weighted by Gasteiger charge is -2.03. The van der Waals surface area contributed by atoms with E-state index in [2.05, 4.69) is 20.2 Å². The van der Waals surface area contributed by atoms with Crippen molar-refractivity contribution < 1.29 is 10.2 Å². The van der Waals surface area contributed by atoms with Crippen molar-refractivity contribution in [3.8, 4) is 0 Å². The van der Waals surface area contributed by atoms with Gasteiger partial charge in [-0.25, -0.2) is 0 Å². The van der Waals surface area contributed by atoms with Gasteiger partial charge in [0.15, 0.2) is 10.9 Å². The molecule has 0 aliphatic rings. The van der Waals surface area contributed by atoms with E-state index in [1.807, 2.05) is 0 Å². The van der Waals surface area contributed by atoms with Crippen molar-refractivity contribution in [3.05, 3.63) is 55.7 Å². The van der Waals surface area contributed by atoms with E-state index in [1.54, 1.807) is 12.1 Å². The zero-order chi connectivity index (χ0) is 18.5. The number of H-pyrrole nitrogens is 2. The van der Waals surface area contributed by atoms with Crippen LogP contribution in [0.3, 0.4) is 0 Å². The van der Waals surface area contributed by atoms with E-state index >= 15 is 0 Å². The summed E-state index contributed by atoms with van der Waals surface area (Å²) in [4.78, 5) is 34.8. The van der Waals surface area contributed by atoms with Crippen molar-refractivity contribution >= 4 is 21.5 Å². The first-order valence-electron chi connectivity index (χ1n) is 8.44. The fraction of sp³-hybridized carbons (Fsp3) is 0.333. The average Bonchev–Trinajstić information content (AvgIpc) is 2.67. The summed E-state index contributed by atoms with van der Waals surface area (Å²) in [5, 5.41) is 25.2. The van der Waals surface area contributed by atoms with Crippen LogP contribution in [0.15, 0.2) is 44.1 Å². The molecule has 0 unspecified atom stereocenters. The summed E-state index contributed by atoms with van der Waals surface area (Å²) in [6.07, 6.45) is 3.87. The predicted molar refractivity (Wildman–Crippen MR) is 98.1 cm³/mol. The molecule has 0 bridgehead atoms. The van der Waals surface area contributed by atoms with Gasteiger partial charge in [-0.3, -0.25) is 19.6 Å². The Bertz CT molecular complexity index is 1070. The van der Waals surface area contributed by atoms with Crippen molar-refractivity contribution in [2.75, 3.05) is 26.3 Å². The zero-order valence-electron chi connectivity index (χ0n) is 14.2. The highest BCUT2D eigenvalue weighted by Crippen LogP contribution is 2.06. The van der Waals surface area contributed by atoms with Gasteiger partial charge in [-0.1, -0.05) is 0 Å². The summed E-state index contributed by atoms with van der Waals surface area (Å²) < 4.78 is 0. The molecule has 8 nitrogen and oxygen atoms in total. The molecule has 0 fully saturated rings. The number of fused-ring (bicyclic) bond motifs is 2. The molecule has 1 aromatic heterocycles. The van der Waals surface area contributed by atoms with Crippen LogP contribution in [0.2, 0.25) is 0 Å². The Morgan fingerprint density at radius 2 is 1.19 bits per heavy atom. The Morgan fingerprint density at radius 1 is 0.769 bits per heavy atom. The number of nitrogens with zero attached hydrogens (tertiary/aromatic N) is 2. The largest absolute Gasteiger partial charge is 0.396 e. The normalized spacial score (nSPS) is 13.2. The van der Waals surface area contributed by atoms with Crippen molar-refractivity contribution in [3.63, 3.8) is 0 Å². The van der Waals surface area contributed by atoms with Crippen molar-refractivity contribution in [1.82, 2.24) is 10.2 Å². The van der Waals surface area contributed by atoms with E-state index in [0.717, 1.165) is 0 Å². The summed E-state index contributed by atoms with van der Waals surface area (Å²) in [6, 6.07) is 3.34. The molecule has 4 N–H and O–H groups in total. The van der Waals surface area contributed by atoms with E-state index < -0.39 is 0 Å². The molecule has 0 spiro atoms. The summed E-state index contributed by atoms with van der Waals surface area (Å²) in [7, 11) is 0. The first kappa shape index (κ1) is 18.0. The molecule has 3 rings (SSSR count). The standard InChI is InChI=1S/C18H20N4O4/c23-7-1-5-19-13-3-4-14(20-6-2-8-24)16-15(13)17(25)11-9-21-22-10-12(11)18(16)26/h3-4,9-10,21-24H,1-2,5-8H2. The number of rotatable bonds is 6. The minimum absolute atomic E-state index is 0.000766. The van der Waals surface area contributed by atoms with Crippen molar-refractivity contribution in [2.24, 2.45) is 9.98 Å². The molecule has 26 heavy (non-hydrogen) atoms. The quantitative estimate of drug-likeness (QED) is 0.346. The Morgan fingerprint density at radius 3 is 1.58 bits per heavy atom. The Labute approximate surface area is 147 Å². The first-order chi connectivity index (χ1) is 12.7. The molecule has 8 heteroatoms. The fourth-order valence-electron chi connectivity index (χ4n) is 2.87. The van der Waals surface area contributed by atoms with E-state index in [9.17, 15) is 9.59 Å². The second-order valence-corrected chi connectivity index (χ2v) is 5.83. The number of hydrogen-bond donors (Lipinski definition) is 4. The van der Waals surface area contributed by atoms with Crippen LogP contribution in [0.4, 0.5) is 0 Å². The third kappa shape index (κ3) is 3.29. The van der Waals surface area contributed by atoms with E-state index in [0.29, 0.717) is 36.6 Å². The minimum Gasteiger partial charge on any atom is -0.396 e. The molecule has 0 amide bonds. The number of hydrogen-bond acceptors (Lipinski definition) is 6. The lowest BCUT2D eigenvalue weighted by atomic mass is 10.0. The third-order valence-corrected chi connectivity index (χ3v) is 4.11. The second kappa shape index (κ2) is 8.03. The molecule has 0 saturated carbocycles. The van der Waals surface area contributed by atoms with Crippen molar-refractivity contribution in [2.45, 2.75) is 12.8 Å². The number of aromatic nitrogens is 2. The lowest BCUT2D eigenvalue weighted by molar-refractivity contribution is 0.290. The molecule has 2 aromatic carbocycles. The van der Waals surface area contributed by atoms with Gasteiger partial charge >= 0.3 is 0 Å². The maximum Gasteiger partial charge on any atom is 0.198 e. The molecular weight excluding hydrogens is 336 g/mol. The van der Waals surface area contributed by atoms with Gasteiger partial charge in [-0.2, -0.15) is 0 Å². The highest BCUT2D eigenvalue weighted by molar-refractivity contribution is 5.96. The summed E-state index contributed by atoms with van der Waals surface area (Å²) >= 11 is 0. The molecule has 0 saturated heterocycles. The van der Waals surface area contributed by atoms with Gasteiger partial charge in [0.05, 0.1) is 32.3 Å². The Balaban J connectivity index is 2.45. The number of nitrogens with one attached hydrogen (secondary N) is 2. The highest BCUT2D eigenvalue weighted by Gasteiger charge is 2.13. The van der Waals surface area contributed by atoms with E-state index in [4.69, 9.17) is 10.2 Å². The van der Waals surface area contributed by atoms with Crippen LogP contribution in [0.1, 0.15) is 12.8 Å². The fourth-order valence-corrected chi connectivity index (χ4v) is 2.87. The lowest BCUT2D eigenvalue weighted by Crippen LogP contribution is -2.27. The van der Waals surface area contributed by atoms with E-state index in [1.165, 1.54) is 12.4 Å². The second-order valence-electron chi connectivity index (χ2n) is 5.83. The first-order valence-corrected chi connectivity index (χ1v) is 8.44. The van der Waals surface area contributed by atoms with Crippen LogP contribution in [-0.4, -0.2) is 46.7 Å². The topological polar surface area (TPSA) is 131 Å². The smallest absolute Gasteiger partial charge is 0.198 e. The Hall–Kier alpha value is -2.84. The average molecular weight is 356 g/mol. The molecule has 3 aromatic rings. The molecule has 0 atom stereocenters. The number of aliphatic hydroxyl groups excluding tert-OH is 2. The van der Waals surface area contributed by atoms with Gasteiger partial charge in [-0.15, -0.1) is 0 Å². The van der Waals surface area contributed by atoms with Crippen LogP contribution >= 0.6 is 0 Å². The van der Waals surface area contributed by atoms with Crippen LogP contribution in [-0.2, 0) is 0 Å². The van der Waals surface area contributed by atoms with Crippen LogP contribution in [0, 0.1) is 0 Å². The summed E-state index contributed by atoms with van der Waals surface area (Å²) in [5.74, 6) is 0. The molecule has 136 valence electrons. The number of benzene rings is 2. The minimum atomic E-state index is -0.290. The SMILES string of the molecule is O=c1c2c[nH][nH]cc2c(=O)c2c(=NCCCO)ccc(=NCCCO)c12. The maximum atomic E-state index is 13.0. The molecule has 0 aliphatic heterocycles. The summed E-state index contributed by atoms with van der Waals surface area (Å²) in [5.41, 5.74) is -0.580. The molecule has 0 aliphatic carbocycles. The van der Waals surface area contributed by atoms with Gasteiger partial charge in [0.1, 0.15) is 0 Å². The maximum absolute atomic E-state index is 13.0. The monoisotopic (exact) mass is 356 g/mol. The van der Waals surface area contributed by atoms with E-state index in [-0.39, 0.29) is 45.6 Å². The van der Waals surface area contributed by atoms with Gasteiger partial charge in [0.25, 0.3) is 0 Å². The number of aliphatic hydroxyl groups is 2. The van der Waals surface area contributed by atoms with Gasteiger partial charge in [0.2, 0.25) is 0 Å². The molecule has 0 radical (unpaired) electrons. The van der Waals surface area contributed by atoms with Crippen molar-refractivity contribution in [1.29, 1.82) is 0 Å².